The van der Waals surface area contributed by atoms with Gasteiger partial charge in [0.15, 0.2) is 0 Å². The minimum atomic E-state index is 0.0500. The van der Waals surface area contributed by atoms with Gasteiger partial charge in [-0.2, -0.15) is 0 Å². The summed E-state index contributed by atoms with van der Waals surface area (Å²) in [7, 11) is 1.72. The Morgan fingerprint density at radius 2 is 1.83 bits per heavy atom. The number of hydrogen-bond acceptors (Lipinski definition) is 2. The number of amides is 1. The number of rotatable bonds is 2. The van der Waals surface area contributed by atoms with Crippen molar-refractivity contribution in [3.05, 3.63) is 41.5 Å². The molecule has 24 heavy (non-hydrogen) atoms. The summed E-state index contributed by atoms with van der Waals surface area (Å²) in [5, 5.41) is 2.81. The van der Waals surface area contributed by atoms with Crippen LogP contribution in [0.4, 0.5) is 0 Å². The Morgan fingerprint density at radius 3 is 2.54 bits per heavy atom. The molecule has 1 aliphatic heterocycles. The number of fused-ring (bicyclic) bond motifs is 2. The average Bonchev–Trinajstić information content (AvgIpc) is 2.97. The number of carbonyl (C=O) groups is 1. The number of allylic oxidation sites excluding steroid dienone is 1. The van der Waals surface area contributed by atoms with Crippen LogP contribution in [-0.4, -0.2) is 37.0 Å². The van der Waals surface area contributed by atoms with E-state index in [9.17, 15) is 4.79 Å². The quantitative estimate of drug-likeness (QED) is 0.903. The standard InChI is InChI=1S/C21H28N2O/c1-22-20(24)18-15-21(19-10-6-5-9-17(18)19)11-13-23(14-12-21)16-7-3-2-4-8-16/h5-6,9-10,15-16H,2-4,7-8,11-14H2,1H3,(H,22,24). The lowest BCUT2D eigenvalue weighted by Crippen LogP contribution is -2.46. The van der Waals surface area contributed by atoms with Crippen LogP contribution in [0.25, 0.3) is 5.57 Å². The molecule has 1 heterocycles. The van der Waals surface area contributed by atoms with Crippen molar-refractivity contribution in [3.8, 4) is 0 Å². The van der Waals surface area contributed by atoms with Gasteiger partial charge in [-0.3, -0.25) is 4.79 Å². The molecule has 1 amide bonds. The van der Waals surface area contributed by atoms with Crippen molar-refractivity contribution in [1.29, 1.82) is 0 Å². The molecule has 0 radical (unpaired) electrons. The number of hydrogen-bond donors (Lipinski definition) is 1. The molecule has 1 saturated carbocycles. The molecule has 3 heteroatoms. The molecule has 4 rings (SSSR count). The predicted octanol–water partition coefficient (Wildman–Crippen LogP) is 3.50. The summed E-state index contributed by atoms with van der Waals surface area (Å²) < 4.78 is 0. The van der Waals surface area contributed by atoms with Crippen molar-refractivity contribution in [2.75, 3.05) is 20.1 Å². The van der Waals surface area contributed by atoms with Gasteiger partial charge >= 0.3 is 0 Å². The van der Waals surface area contributed by atoms with Gasteiger partial charge in [0.05, 0.1) is 0 Å². The Kier molecular flexibility index (Phi) is 4.21. The molecule has 1 aromatic carbocycles. The first-order valence-electron chi connectivity index (χ1n) is 9.52. The zero-order valence-electron chi connectivity index (χ0n) is 14.7. The van der Waals surface area contributed by atoms with Crippen molar-refractivity contribution in [2.24, 2.45) is 0 Å². The molecular formula is C21H28N2O. The molecule has 0 aromatic heterocycles. The number of carbonyl (C=O) groups excluding carboxylic acids is 1. The van der Waals surface area contributed by atoms with Crippen LogP contribution in [0.1, 0.15) is 56.1 Å². The lowest BCUT2D eigenvalue weighted by atomic mass is 9.74. The molecule has 0 unspecified atom stereocenters. The Morgan fingerprint density at radius 1 is 1.12 bits per heavy atom. The van der Waals surface area contributed by atoms with Crippen molar-refractivity contribution >= 4 is 11.5 Å². The molecule has 2 fully saturated rings. The summed E-state index contributed by atoms with van der Waals surface area (Å²) in [5.41, 5.74) is 3.46. The SMILES string of the molecule is CNC(=O)C1=CC2(CCN(C3CCCCC3)CC2)c2ccccc21. The molecular weight excluding hydrogens is 296 g/mol. The summed E-state index contributed by atoms with van der Waals surface area (Å²) in [5.74, 6) is 0.0500. The Bertz CT molecular complexity index is 650. The van der Waals surface area contributed by atoms with Gasteiger partial charge in [-0.05, 0) is 49.9 Å². The largest absolute Gasteiger partial charge is 0.355 e. The summed E-state index contributed by atoms with van der Waals surface area (Å²) in [4.78, 5) is 15.0. The third-order valence-electron chi connectivity index (χ3n) is 6.43. The molecule has 3 aliphatic rings. The molecule has 2 aliphatic carbocycles. The van der Waals surface area contributed by atoms with Gasteiger partial charge < -0.3 is 10.2 Å². The topological polar surface area (TPSA) is 32.3 Å². The number of nitrogens with one attached hydrogen (secondary N) is 1. The van der Waals surface area contributed by atoms with Gasteiger partial charge in [0.2, 0.25) is 0 Å². The van der Waals surface area contributed by atoms with Crippen molar-refractivity contribution < 1.29 is 4.79 Å². The van der Waals surface area contributed by atoms with Crippen LogP contribution in [0.2, 0.25) is 0 Å². The fraction of sp³-hybridized carbons (Fsp3) is 0.571. The van der Waals surface area contributed by atoms with E-state index >= 15 is 0 Å². The van der Waals surface area contributed by atoms with Gasteiger partial charge in [0, 0.05) is 24.1 Å². The zero-order valence-corrected chi connectivity index (χ0v) is 14.7. The second kappa shape index (κ2) is 6.36. The van der Waals surface area contributed by atoms with E-state index in [0.29, 0.717) is 0 Å². The van der Waals surface area contributed by atoms with E-state index in [-0.39, 0.29) is 11.3 Å². The number of benzene rings is 1. The third kappa shape index (κ3) is 2.59. The first-order chi connectivity index (χ1) is 11.7. The van der Waals surface area contributed by atoms with E-state index < -0.39 is 0 Å². The van der Waals surface area contributed by atoms with E-state index in [2.05, 4.69) is 34.5 Å². The molecule has 1 aromatic rings. The van der Waals surface area contributed by atoms with Crippen LogP contribution in [0.3, 0.4) is 0 Å². The second-order valence-corrected chi connectivity index (χ2v) is 7.67. The van der Waals surface area contributed by atoms with Crippen molar-refractivity contribution in [3.63, 3.8) is 0 Å². The molecule has 1 N–H and O–H groups in total. The fourth-order valence-corrected chi connectivity index (χ4v) is 5.05. The summed E-state index contributed by atoms with van der Waals surface area (Å²) in [6.07, 6.45) is 11.5. The van der Waals surface area contributed by atoms with Gasteiger partial charge in [0.1, 0.15) is 0 Å². The lowest BCUT2D eigenvalue weighted by Gasteiger charge is -2.43. The van der Waals surface area contributed by atoms with Crippen LogP contribution in [0, 0.1) is 0 Å². The maximum Gasteiger partial charge on any atom is 0.251 e. The van der Waals surface area contributed by atoms with Gasteiger partial charge in [-0.15, -0.1) is 0 Å². The molecule has 1 saturated heterocycles. The Labute approximate surface area is 145 Å². The molecule has 1 spiro atoms. The van der Waals surface area contributed by atoms with Gasteiger partial charge in [-0.25, -0.2) is 0 Å². The Balaban J connectivity index is 1.57. The molecule has 3 nitrogen and oxygen atoms in total. The van der Waals surface area contributed by atoms with E-state index in [0.717, 1.165) is 43.1 Å². The number of nitrogens with zero attached hydrogens (tertiary/aromatic N) is 1. The number of likely N-dealkylation sites (tertiary alicyclic amines) is 1. The van der Waals surface area contributed by atoms with E-state index in [1.54, 1.807) is 7.05 Å². The predicted molar refractivity (Wildman–Crippen MR) is 97.8 cm³/mol. The smallest absolute Gasteiger partial charge is 0.251 e. The van der Waals surface area contributed by atoms with Crippen LogP contribution < -0.4 is 5.32 Å². The third-order valence-corrected chi connectivity index (χ3v) is 6.43. The minimum absolute atomic E-state index is 0.0500. The maximum absolute atomic E-state index is 12.3. The summed E-state index contributed by atoms with van der Waals surface area (Å²) in [6.45, 7) is 2.33. The molecule has 0 bridgehead atoms. The lowest BCUT2D eigenvalue weighted by molar-refractivity contribution is -0.115. The first kappa shape index (κ1) is 15.9. The van der Waals surface area contributed by atoms with Crippen LogP contribution in [0.15, 0.2) is 30.3 Å². The molecule has 128 valence electrons. The first-order valence-corrected chi connectivity index (χ1v) is 9.52. The highest BCUT2D eigenvalue weighted by Crippen LogP contribution is 2.47. The van der Waals surface area contributed by atoms with Crippen molar-refractivity contribution in [2.45, 2.75) is 56.4 Å². The van der Waals surface area contributed by atoms with Gasteiger partial charge in [-0.1, -0.05) is 49.6 Å². The highest BCUT2D eigenvalue weighted by molar-refractivity contribution is 6.21. The highest BCUT2D eigenvalue weighted by Gasteiger charge is 2.42. The van der Waals surface area contributed by atoms with E-state index in [1.165, 1.54) is 37.7 Å². The van der Waals surface area contributed by atoms with E-state index in [4.69, 9.17) is 0 Å². The van der Waals surface area contributed by atoms with Crippen LogP contribution in [0.5, 0.6) is 0 Å². The zero-order chi connectivity index (χ0) is 16.6. The average molecular weight is 324 g/mol. The summed E-state index contributed by atoms with van der Waals surface area (Å²) in [6, 6.07) is 9.31. The monoisotopic (exact) mass is 324 g/mol. The van der Waals surface area contributed by atoms with Crippen molar-refractivity contribution in [1.82, 2.24) is 10.2 Å². The Hall–Kier alpha value is -1.61. The number of likely N-dealkylation sites (N-methyl/N-ethyl adjacent to an activating group) is 1. The van der Waals surface area contributed by atoms with Crippen LogP contribution >= 0.6 is 0 Å². The number of piperidine rings is 1. The maximum atomic E-state index is 12.3. The van der Waals surface area contributed by atoms with Crippen LogP contribution in [-0.2, 0) is 10.2 Å². The highest BCUT2D eigenvalue weighted by atomic mass is 16.1. The van der Waals surface area contributed by atoms with E-state index in [1.807, 2.05) is 6.07 Å². The molecule has 0 atom stereocenters. The summed E-state index contributed by atoms with van der Waals surface area (Å²) >= 11 is 0. The normalized spacial score (nSPS) is 23.8. The minimum Gasteiger partial charge on any atom is -0.355 e. The second-order valence-electron chi connectivity index (χ2n) is 7.67. The fourth-order valence-electron chi connectivity index (χ4n) is 5.05. The van der Waals surface area contributed by atoms with Gasteiger partial charge in [0.25, 0.3) is 5.91 Å².